The van der Waals surface area contributed by atoms with Crippen LogP contribution in [0.5, 0.6) is 5.75 Å². The average molecular weight is 273 g/mol. The third-order valence-electron chi connectivity index (χ3n) is 2.12. The van der Waals surface area contributed by atoms with Crippen molar-refractivity contribution < 1.29 is 4.74 Å². The molecule has 1 aromatic rings. The maximum atomic E-state index is 5.30. The number of anilines is 1. The topological polar surface area (TPSA) is 25.4 Å². The van der Waals surface area contributed by atoms with Crippen LogP contribution in [-0.2, 0) is 0 Å². The van der Waals surface area contributed by atoms with Gasteiger partial charge >= 0.3 is 0 Å². The number of nitrogens with zero attached hydrogens (tertiary/aromatic N) is 2. The zero-order chi connectivity index (χ0) is 11.1. The molecular formula is C11H17BrN2O. The van der Waals surface area contributed by atoms with E-state index in [0.717, 1.165) is 36.4 Å². The van der Waals surface area contributed by atoms with Crippen molar-refractivity contribution in [1.82, 2.24) is 4.98 Å². The van der Waals surface area contributed by atoms with Crippen LogP contribution in [0.3, 0.4) is 0 Å². The minimum atomic E-state index is 0.840. The first kappa shape index (κ1) is 12.3. The molecule has 15 heavy (non-hydrogen) atoms. The molecule has 0 aliphatic carbocycles. The minimum Gasteiger partial charge on any atom is -0.493 e. The fourth-order valence-electron chi connectivity index (χ4n) is 1.47. The molecule has 0 saturated heterocycles. The maximum absolute atomic E-state index is 5.30. The van der Waals surface area contributed by atoms with E-state index < -0.39 is 0 Å². The fraction of sp³-hybridized carbons (Fsp3) is 0.545. The molecule has 0 saturated carbocycles. The Labute approximate surface area is 99.6 Å². The Bertz CT molecular complexity index is 288. The lowest BCUT2D eigenvalue weighted by Gasteiger charge is -2.23. The lowest BCUT2D eigenvalue weighted by molar-refractivity contribution is 0.412. The van der Waals surface area contributed by atoms with E-state index in [-0.39, 0.29) is 0 Å². The van der Waals surface area contributed by atoms with E-state index in [0.29, 0.717) is 0 Å². The summed E-state index contributed by atoms with van der Waals surface area (Å²) in [5.74, 6) is 1.77. The SMILES string of the molecule is CCCN(CCBr)c1ncccc1OC. The highest BCUT2D eigenvalue weighted by Crippen LogP contribution is 2.24. The number of ether oxygens (including phenoxy) is 1. The summed E-state index contributed by atoms with van der Waals surface area (Å²) in [5.41, 5.74) is 0. The Morgan fingerprint density at radius 1 is 1.47 bits per heavy atom. The predicted molar refractivity (Wildman–Crippen MR) is 67.1 cm³/mol. The van der Waals surface area contributed by atoms with E-state index in [4.69, 9.17) is 4.74 Å². The molecule has 84 valence electrons. The molecule has 0 spiro atoms. The summed E-state index contributed by atoms with van der Waals surface area (Å²) in [6.45, 7) is 4.11. The van der Waals surface area contributed by atoms with Crippen LogP contribution in [0.4, 0.5) is 5.82 Å². The van der Waals surface area contributed by atoms with E-state index >= 15 is 0 Å². The van der Waals surface area contributed by atoms with E-state index in [2.05, 4.69) is 32.7 Å². The van der Waals surface area contributed by atoms with Gasteiger partial charge in [0.25, 0.3) is 0 Å². The molecule has 0 aliphatic rings. The second-order valence-corrected chi connectivity index (χ2v) is 4.00. The summed E-state index contributed by atoms with van der Waals surface area (Å²) < 4.78 is 5.30. The number of alkyl halides is 1. The summed E-state index contributed by atoms with van der Waals surface area (Å²) in [7, 11) is 1.68. The van der Waals surface area contributed by atoms with Crippen molar-refractivity contribution in [1.29, 1.82) is 0 Å². The summed E-state index contributed by atoms with van der Waals surface area (Å²) >= 11 is 3.45. The molecule has 3 nitrogen and oxygen atoms in total. The van der Waals surface area contributed by atoms with Crippen LogP contribution in [0.15, 0.2) is 18.3 Å². The Hall–Kier alpha value is -0.770. The molecule has 0 unspecified atom stereocenters. The average Bonchev–Trinajstić information content (AvgIpc) is 2.29. The number of hydrogen-bond donors (Lipinski definition) is 0. The number of pyridine rings is 1. The molecule has 1 rings (SSSR count). The van der Waals surface area contributed by atoms with Crippen LogP contribution < -0.4 is 9.64 Å². The van der Waals surface area contributed by atoms with Gasteiger partial charge in [0.15, 0.2) is 11.6 Å². The van der Waals surface area contributed by atoms with Crippen molar-refractivity contribution >= 4 is 21.7 Å². The third kappa shape index (κ3) is 3.38. The van der Waals surface area contributed by atoms with Crippen molar-refractivity contribution in [3.63, 3.8) is 0 Å². The molecule has 1 aromatic heterocycles. The number of rotatable bonds is 6. The van der Waals surface area contributed by atoms with Crippen LogP contribution in [0.25, 0.3) is 0 Å². The monoisotopic (exact) mass is 272 g/mol. The molecule has 0 amide bonds. The van der Waals surface area contributed by atoms with Gasteiger partial charge in [0, 0.05) is 24.6 Å². The molecule has 0 aromatic carbocycles. The Balaban J connectivity index is 2.88. The van der Waals surface area contributed by atoms with Gasteiger partial charge in [-0.25, -0.2) is 4.98 Å². The van der Waals surface area contributed by atoms with Crippen molar-refractivity contribution in [3.8, 4) is 5.75 Å². The van der Waals surface area contributed by atoms with Gasteiger partial charge in [-0.1, -0.05) is 22.9 Å². The van der Waals surface area contributed by atoms with Crippen molar-refractivity contribution in [2.24, 2.45) is 0 Å². The van der Waals surface area contributed by atoms with Gasteiger partial charge in [0.05, 0.1) is 7.11 Å². The van der Waals surface area contributed by atoms with Gasteiger partial charge in [0.2, 0.25) is 0 Å². The number of halogens is 1. The zero-order valence-electron chi connectivity index (χ0n) is 9.24. The molecule has 1 heterocycles. The fourth-order valence-corrected chi connectivity index (χ4v) is 1.90. The molecule has 0 aliphatic heterocycles. The normalized spacial score (nSPS) is 10.1. The molecule has 0 bridgehead atoms. The third-order valence-corrected chi connectivity index (χ3v) is 2.47. The lowest BCUT2D eigenvalue weighted by atomic mass is 10.3. The largest absolute Gasteiger partial charge is 0.493 e. The lowest BCUT2D eigenvalue weighted by Crippen LogP contribution is -2.27. The predicted octanol–water partition coefficient (Wildman–Crippen LogP) is 2.70. The van der Waals surface area contributed by atoms with Crippen LogP contribution in [0.1, 0.15) is 13.3 Å². The number of methoxy groups -OCH3 is 1. The first-order chi connectivity index (χ1) is 7.33. The number of aromatic nitrogens is 1. The number of hydrogen-bond acceptors (Lipinski definition) is 3. The van der Waals surface area contributed by atoms with Gasteiger partial charge in [-0.05, 0) is 18.6 Å². The summed E-state index contributed by atoms with van der Waals surface area (Å²) in [4.78, 5) is 6.60. The van der Waals surface area contributed by atoms with E-state index in [1.807, 2.05) is 12.1 Å². The van der Waals surface area contributed by atoms with Gasteiger partial charge in [-0.2, -0.15) is 0 Å². The highest BCUT2D eigenvalue weighted by Gasteiger charge is 2.11. The summed E-state index contributed by atoms with van der Waals surface area (Å²) in [6.07, 6.45) is 2.90. The van der Waals surface area contributed by atoms with E-state index in [1.54, 1.807) is 13.3 Å². The summed E-state index contributed by atoms with van der Waals surface area (Å²) in [6, 6.07) is 3.83. The quantitative estimate of drug-likeness (QED) is 0.745. The second-order valence-electron chi connectivity index (χ2n) is 3.21. The Morgan fingerprint density at radius 2 is 2.27 bits per heavy atom. The van der Waals surface area contributed by atoms with Gasteiger partial charge in [-0.15, -0.1) is 0 Å². The molecule has 4 heteroatoms. The molecule has 0 N–H and O–H groups in total. The highest BCUT2D eigenvalue weighted by molar-refractivity contribution is 9.09. The minimum absolute atomic E-state index is 0.840. The molecule has 0 radical (unpaired) electrons. The maximum Gasteiger partial charge on any atom is 0.171 e. The zero-order valence-corrected chi connectivity index (χ0v) is 10.8. The van der Waals surface area contributed by atoms with Crippen LogP contribution in [-0.4, -0.2) is 30.5 Å². The molecule has 0 fully saturated rings. The first-order valence-electron chi connectivity index (χ1n) is 5.13. The highest BCUT2D eigenvalue weighted by atomic mass is 79.9. The van der Waals surface area contributed by atoms with Crippen LogP contribution in [0, 0.1) is 0 Å². The standard InChI is InChI=1S/C11H17BrN2O/c1-3-8-14(9-6-12)11-10(15-2)5-4-7-13-11/h4-5,7H,3,6,8-9H2,1-2H3. The molecule has 0 atom stereocenters. The van der Waals surface area contributed by atoms with Crippen LogP contribution in [0.2, 0.25) is 0 Å². The van der Waals surface area contributed by atoms with Crippen molar-refractivity contribution in [3.05, 3.63) is 18.3 Å². The first-order valence-corrected chi connectivity index (χ1v) is 6.25. The van der Waals surface area contributed by atoms with E-state index in [1.165, 1.54) is 0 Å². The van der Waals surface area contributed by atoms with E-state index in [9.17, 15) is 0 Å². The van der Waals surface area contributed by atoms with Gasteiger partial charge in [0.1, 0.15) is 0 Å². The van der Waals surface area contributed by atoms with Gasteiger partial charge < -0.3 is 9.64 Å². The van der Waals surface area contributed by atoms with Crippen molar-refractivity contribution in [2.75, 3.05) is 30.4 Å². The van der Waals surface area contributed by atoms with Crippen molar-refractivity contribution in [2.45, 2.75) is 13.3 Å². The summed E-state index contributed by atoms with van der Waals surface area (Å²) in [5, 5.41) is 0.937. The Morgan fingerprint density at radius 3 is 2.87 bits per heavy atom. The molecular weight excluding hydrogens is 256 g/mol. The van der Waals surface area contributed by atoms with Gasteiger partial charge in [-0.3, -0.25) is 0 Å². The van der Waals surface area contributed by atoms with Crippen LogP contribution >= 0.6 is 15.9 Å². The smallest absolute Gasteiger partial charge is 0.171 e. The Kier molecular flexibility index (Phi) is 5.47. The second kappa shape index (κ2) is 6.67.